The van der Waals surface area contributed by atoms with E-state index >= 15 is 0 Å². The van der Waals surface area contributed by atoms with Gasteiger partial charge in [0, 0.05) is 6.42 Å². The highest BCUT2D eigenvalue weighted by Crippen LogP contribution is 2.16. The molecule has 0 aliphatic carbocycles. The molecule has 0 radical (unpaired) electrons. The number of rotatable bonds is 25. The zero-order valence-electron chi connectivity index (χ0n) is 21.8. The lowest BCUT2D eigenvalue weighted by Crippen LogP contribution is -2.37. The monoisotopic (exact) mass is 454 g/mol. The molecule has 0 aromatic heterocycles. The third kappa shape index (κ3) is 24.3. The van der Waals surface area contributed by atoms with Crippen molar-refractivity contribution in [2.75, 3.05) is 0 Å². The maximum absolute atomic E-state index is 11.7. The van der Waals surface area contributed by atoms with Crippen molar-refractivity contribution in [2.45, 2.75) is 174 Å². The van der Waals surface area contributed by atoms with Gasteiger partial charge in [-0.05, 0) is 19.5 Å². The summed E-state index contributed by atoms with van der Waals surface area (Å²) in [7, 11) is -2.52. The minimum absolute atomic E-state index is 0.121. The first-order valence-electron chi connectivity index (χ1n) is 14.2. The van der Waals surface area contributed by atoms with E-state index < -0.39 is 8.32 Å². The van der Waals surface area contributed by atoms with Gasteiger partial charge in [0.25, 0.3) is 8.32 Å². The van der Waals surface area contributed by atoms with E-state index in [1.165, 1.54) is 135 Å². The minimum atomic E-state index is -2.52. The lowest BCUT2D eigenvalue weighted by molar-refractivity contribution is -0.113. The summed E-state index contributed by atoms with van der Waals surface area (Å²) in [5.74, 6) is 0. The molecule has 186 valence electrons. The fourth-order valence-corrected chi connectivity index (χ4v) is 5.17. The van der Waals surface area contributed by atoms with Gasteiger partial charge in [0.2, 0.25) is 0 Å². The topological polar surface area (TPSA) is 37.3 Å². The molecule has 0 aromatic rings. The predicted octanol–water partition coefficient (Wildman–Crippen LogP) is 9.67. The van der Waals surface area contributed by atoms with E-state index in [4.69, 9.17) is 0 Å². The van der Waals surface area contributed by atoms with Crippen molar-refractivity contribution in [3.8, 4) is 0 Å². The van der Waals surface area contributed by atoms with Crippen LogP contribution in [0.3, 0.4) is 0 Å². The molecule has 2 nitrogen and oxygen atoms in total. The Morgan fingerprint density at radius 1 is 0.484 bits per heavy atom. The van der Waals surface area contributed by atoms with E-state index in [9.17, 15) is 9.59 Å². The third-order valence-corrected chi connectivity index (χ3v) is 8.30. The van der Waals surface area contributed by atoms with E-state index in [0.29, 0.717) is 6.42 Å². The van der Waals surface area contributed by atoms with Crippen LogP contribution >= 0.6 is 0 Å². The molecular formula is C28H58O2Si. The number of carbonyl (C=O) groups is 1. The van der Waals surface area contributed by atoms with Gasteiger partial charge < -0.3 is 9.59 Å². The summed E-state index contributed by atoms with van der Waals surface area (Å²) in [5.41, 5.74) is 0. The standard InChI is InChI=1S/C28H58O2Si/c1-4-5-6-7-8-9-10-11-12-13-14-15-16-17-18-19-20-21-22-23-24-25-26-27-28(29)31(2,3)30/h30H,4-27H2,1-3H3. The molecule has 1 N–H and O–H groups in total. The Morgan fingerprint density at radius 3 is 0.935 bits per heavy atom. The van der Waals surface area contributed by atoms with Crippen LogP contribution in [0.25, 0.3) is 0 Å². The van der Waals surface area contributed by atoms with Crippen LogP contribution < -0.4 is 0 Å². The van der Waals surface area contributed by atoms with E-state index in [2.05, 4.69) is 6.92 Å². The van der Waals surface area contributed by atoms with Crippen LogP contribution in [-0.4, -0.2) is 18.5 Å². The summed E-state index contributed by atoms with van der Waals surface area (Å²) in [5, 5.41) is 0.121. The first-order valence-corrected chi connectivity index (χ1v) is 17.2. The van der Waals surface area contributed by atoms with E-state index in [0.717, 1.165) is 12.8 Å². The number of hydrogen-bond acceptors (Lipinski definition) is 2. The zero-order valence-corrected chi connectivity index (χ0v) is 22.8. The Labute approximate surface area is 197 Å². The maximum atomic E-state index is 11.7. The van der Waals surface area contributed by atoms with Gasteiger partial charge in [-0.3, -0.25) is 0 Å². The van der Waals surface area contributed by atoms with Gasteiger partial charge in [-0.25, -0.2) is 0 Å². The Balaban J connectivity index is 3.09. The van der Waals surface area contributed by atoms with Gasteiger partial charge in [-0.15, -0.1) is 0 Å². The zero-order chi connectivity index (χ0) is 23.0. The molecule has 0 amide bonds. The highest BCUT2D eigenvalue weighted by Gasteiger charge is 2.26. The van der Waals surface area contributed by atoms with E-state index in [1.54, 1.807) is 13.1 Å². The summed E-state index contributed by atoms with van der Waals surface area (Å²) in [6, 6.07) is 0. The average Bonchev–Trinajstić information content (AvgIpc) is 2.73. The Morgan fingerprint density at radius 2 is 0.710 bits per heavy atom. The molecule has 0 atom stereocenters. The van der Waals surface area contributed by atoms with Crippen LogP contribution in [0, 0.1) is 0 Å². The second-order valence-corrected chi connectivity index (χ2v) is 14.2. The predicted molar refractivity (Wildman–Crippen MR) is 141 cm³/mol. The molecule has 0 aliphatic heterocycles. The second kappa shape index (κ2) is 23.0. The molecule has 3 heteroatoms. The van der Waals surface area contributed by atoms with Crippen molar-refractivity contribution < 1.29 is 9.59 Å². The number of carbonyl (C=O) groups excluding carboxylic acids is 1. The molecule has 0 spiro atoms. The Bertz CT molecular complexity index is 376. The van der Waals surface area contributed by atoms with Gasteiger partial charge in [0.1, 0.15) is 5.41 Å². The molecular weight excluding hydrogens is 396 g/mol. The minimum Gasteiger partial charge on any atom is -0.425 e. The van der Waals surface area contributed by atoms with Gasteiger partial charge in [-0.1, -0.05) is 148 Å². The molecule has 0 aromatic carbocycles. The normalized spacial score (nSPS) is 11.9. The summed E-state index contributed by atoms with van der Waals surface area (Å²) >= 11 is 0. The molecule has 0 bridgehead atoms. The van der Waals surface area contributed by atoms with Gasteiger partial charge in [-0.2, -0.15) is 0 Å². The molecule has 0 rings (SSSR count). The SMILES string of the molecule is CCCCCCCCCCCCCCCCCCCCCCCCCC(=O)[Si](C)(C)O. The van der Waals surface area contributed by atoms with Crippen molar-refractivity contribution in [3.05, 3.63) is 0 Å². The van der Waals surface area contributed by atoms with Crippen LogP contribution in [0.5, 0.6) is 0 Å². The molecule has 0 saturated heterocycles. The second-order valence-electron chi connectivity index (χ2n) is 10.5. The number of hydrogen-bond donors (Lipinski definition) is 1. The average molecular weight is 455 g/mol. The third-order valence-electron chi connectivity index (χ3n) is 6.69. The largest absolute Gasteiger partial charge is 0.425 e. The van der Waals surface area contributed by atoms with Gasteiger partial charge >= 0.3 is 0 Å². The maximum Gasteiger partial charge on any atom is 0.255 e. The first kappa shape index (κ1) is 30.8. The highest BCUT2D eigenvalue weighted by molar-refractivity contribution is 6.98. The smallest absolute Gasteiger partial charge is 0.255 e. The fraction of sp³-hybridized carbons (Fsp3) is 0.964. The molecule has 31 heavy (non-hydrogen) atoms. The van der Waals surface area contributed by atoms with Crippen molar-refractivity contribution >= 4 is 13.7 Å². The van der Waals surface area contributed by atoms with Crippen LogP contribution in [-0.2, 0) is 4.79 Å². The van der Waals surface area contributed by atoms with Crippen molar-refractivity contribution in [1.82, 2.24) is 0 Å². The molecule has 0 heterocycles. The van der Waals surface area contributed by atoms with Crippen molar-refractivity contribution in [2.24, 2.45) is 0 Å². The lowest BCUT2D eigenvalue weighted by atomic mass is 10.0. The van der Waals surface area contributed by atoms with Crippen LogP contribution in [0.4, 0.5) is 0 Å². The van der Waals surface area contributed by atoms with Crippen LogP contribution in [0.2, 0.25) is 13.1 Å². The quantitative estimate of drug-likeness (QED) is 0.110. The highest BCUT2D eigenvalue weighted by atomic mass is 28.4. The summed E-state index contributed by atoms with van der Waals surface area (Å²) < 4.78 is 0. The first-order chi connectivity index (χ1) is 15.0. The summed E-state index contributed by atoms with van der Waals surface area (Å²) in [6.45, 7) is 5.75. The van der Waals surface area contributed by atoms with Crippen LogP contribution in [0.15, 0.2) is 0 Å². The van der Waals surface area contributed by atoms with E-state index in [1.807, 2.05) is 0 Å². The molecule has 0 fully saturated rings. The molecule has 0 saturated carbocycles. The lowest BCUT2D eigenvalue weighted by Gasteiger charge is -2.11. The fourth-order valence-electron chi connectivity index (χ4n) is 4.38. The number of unbranched alkanes of at least 4 members (excludes halogenated alkanes) is 22. The summed E-state index contributed by atoms with van der Waals surface area (Å²) in [4.78, 5) is 21.4. The van der Waals surface area contributed by atoms with Gasteiger partial charge in [0.05, 0.1) is 0 Å². The van der Waals surface area contributed by atoms with Crippen LogP contribution in [0.1, 0.15) is 161 Å². The van der Waals surface area contributed by atoms with E-state index in [-0.39, 0.29) is 5.41 Å². The van der Waals surface area contributed by atoms with Crippen molar-refractivity contribution in [3.63, 3.8) is 0 Å². The summed E-state index contributed by atoms with van der Waals surface area (Å²) in [6.07, 6.45) is 32.6. The molecule has 0 aliphatic rings. The Hall–Kier alpha value is -0.153. The Kier molecular flexibility index (Phi) is 22.9. The molecule has 0 unspecified atom stereocenters. The van der Waals surface area contributed by atoms with Gasteiger partial charge in [0.15, 0.2) is 0 Å². The van der Waals surface area contributed by atoms with Crippen molar-refractivity contribution in [1.29, 1.82) is 0 Å².